The zero-order valence-electron chi connectivity index (χ0n) is 39.4. The van der Waals surface area contributed by atoms with Gasteiger partial charge in [0.1, 0.15) is 28.2 Å². The van der Waals surface area contributed by atoms with Crippen molar-refractivity contribution in [3.05, 3.63) is 139 Å². The lowest BCUT2D eigenvalue weighted by atomic mass is 10.2. The third-order valence-electron chi connectivity index (χ3n) is 11.7. The van der Waals surface area contributed by atoms with Gasteiger partial charge in [-0.2, -0.15) is 16.8 Å². The molecule has 3 atom stereocenters. The van der Waals surface area contributed by atoms with Gasteiger partial charge in [-0.3, -0.25) is 9.11 Å². The average molecular weight is 1180 g/mol. The molecule has 0 fully saturated rings. The van der Waals surface area contributed by atoms with E-state index in [9.17, 15) is 76.4 Å². The lowest BCUT2D eigenvalue weighted by Crippen LogP contribution is -2.32. The Bertz CT molecular complexity index is 4070. The van der Waals surface area contributed by atoms with Crippen molar-refractivity contribution in [3.63, 3.8) is 0 Å². The fourth-order valence-corrected chi connectivity index (χ4v) is 16.8. The van der Waals surface area contributed by atoms with Crippen LogP contribution < -0.4 is 9.47 Å². The van der Waals surface area contributed by atoms with E-state index in [1.807, 2.05) is 0 Å². The molecule has 0 radical (unpaired) electrons. The number of ether oxygens (including phenoxy) is 2. The molecule has 6 aromatic carbocycles. The summed E-state index contributed by atoms with van der Waals surface area (Å²) in [5.41, 5.74) is -0.0160. The van der Waals surface area contributed by atoms with E-state index in [0.29, 0.717) is 18.2 Å². The molecule has 2 unspecified atom stereocenters. The second-order valence-corrected chi connectivity index (χ2v) is 32.3. The molecule has 0 bridgehead atoms. The molecule has 0 heterocycles. The Hall–Kier alpha value is -5.56. The summed E-state index contributed by atoms with van der Waals surface area (Å²) in [7, 11) is -35.7. The van der Waals surface area contributed by atoms with E-state index in [1.54, 1.807) is 6.92 Å². The first-order valence-corrected chi connectivity index (χ1v) is 33.8. The van der Waals surface area contributed by atoms with Crippen molar-refractivity contribution in [1.82, 2.24) is 0 Å². The summed E-state index contributed by atoms with van der Waals surface area (Å²) >= 11 is 0. The summed E-state index contributed by atoms with van der Waals surface area (Å²) in [4.78, 5) is -6.00. The molecule has 20 nitrogen and oxygen atoms in total. The molecule has 0 amide bonds. The molecule has 0 aliphatic carbocycles. The van der Waals surface area contributed by atoms with Gasteiger partial charge in [-0.15, -0.1) is 0 Å². The van der Waals surface area contributed by atoms with E-state index in [0.717, 1.165) is 73.0 Å². The predicted molar refractivity (Wildman–Crippen MR) is 267 cm³/mol. The van der Waals surface area contributed by atoms with Crippen molar-refractivity contribution in [2.24, 2.45) is 0 Å². The fraction of sp³-hybridized carbons (Fsp3) is 0.217. The minimum atomic E-state index is -5.44. The van der Waals surface area contributed by atoms with E-state index < -0.39 is 131 Å². The van der Waals surface area contributed by atoms with E-state index >= 15 is 0 Å². The Morgan fingerprint density at radius 3 is 1.28 bits per heavy atom. The van der Waals surface area contributed by atoms with Gasteiger partial charge in [-0.25, -0.2) is 50.5 Å². The van der Waals surface area contributed by atoms with Crippen molar-refractivity contribution in [1.29, 1.82) is 0 Å². The standard InChI is InChI=1S/C46H46O20S8/c1-30-6-13-42(28-45(30)73(59,60)61)71(55,56)43-24-25-44(46(29-43)74(62,63)64)72(57,58)41-18-11-36(12-19-41)66-35-7-14-37(15-8-35)68(49,50)27-26-31(2)69(51,52)38-20-22-40(23-21-38)70(53,54)39-16-9-34(10-17-39)65-32(3)33(4)67(5,47)48/h6-25,28-29,31-33H,26-27H2,1-5H3,(H,59,60,61)(H,62,63,64)/t31?,32-,33?/m0/s1. The van der Waals surface area contributed by atoms with Crippen molar-refractivity contribution >= 4 is 79.3 Å². The van der Waals surface area contributed by atoms with Crippen LogP contribution >= 0.6 is 0 Å². The highest BCUT2D eigenvalue weighted by molar-refractivity contribution is 7.94. The largest absolute Gasteiger partial charge is 0.489 e. The summed E-state index contributed by atoms with van der Waals surface area (Å²) in [6, 6.07) is 23.3. The van der Waals surface area contributed by atoms with Crippen LogP contribution in [0.1, 0.15) is 32.8 Å². The minimum Gasteiger partial charge on any atom is -0.489 e. The number of aryl methyl sites for hydroxylation is 1. The van der Waals surface area contributed by atoms with Crippen LogP contribution in [0.3, 0.4) is 0 Å². The molecule has 6 rings (SSSR count). The highest BCUT2D eigenvalue weighted by Crippen LogP contribution is 2.34. The van der Waals surface area contributed by atoms with Crippen molar-refractivity contribution in [2.75, 3.05) is 12.0 Å². The maximum atomic E-state index is 13.7. The van der Waals surface area contributed by atoms with Crippen LogP contribution in [0.25, 0.3) is 0 Å². The number of hydrogen-bond acceptors (Lipinski definition) is 18. The quantitative estimate of drug-likeness (QED) is 0.0827. The molecule has 28 heteroatoms. The summed E-state index contributed by atoms with van der Waals surface area (Å²) < 4.78 is 238. The summed E-state index contributed by atoms with van der Waals surface area (Å²) in [6.07, 6.45) is -0.00607. The maximum absolute atomic E-state index is 13.7. The fourth-order valence-electron chi connectivity index (χ4n) is 7.03. The monoisotopic (exact) mass is 1170 g/mol. The lowest BCUT2D eigenvalue weighted by molar-refractivity contribution is 0.219. The number of rotatable bonds is 20. The van der Waals surface area contributed by atoms with Gasteiger partial charge in [0.2, 0.25) is 29.5 Å². The van der Waals surface area contributed by atoms with Crippen molar-refractivity contribution in [2.45, 2.75) is 99.7 Å². The first-order chi connectivity index (χ1) is 34.0. The topological polar surface area (TPSA) is 332 Å². The SMILES string of the molecule is Cc1ccc(S(=O)(=O)c2ccc(S(=O)(=O)c3ccc(Oc4ccc(S(=O)(=O)CCC(C)S(=O)(=O)c5ccc(S(=O)(=O)c6ccc(O[C@@H](C)C(C)S(C)(=O)=O)cc6)cc5)cc4)cc3)c(S(=O)(=O)O)c2)cc1S(=O)(=O)O. The smallest absolute Gasteiger partial charge is 0.295 e. The molecule has 0 aliphatic rings. The summed E-state index contributed by atoms with van der Waals surface area (Å²) in [5.74, 6) is -0.294. The number of benzene rings is 6. The van der Waals surface area contributed by atoms with Gasteiger partial charge < -0.3 is 9.47 Å². The Labute approximate surface area is 430 Å². The maximum Gasteiger partial charge on any atom is 0.295 e. The van der Waals surface area contributed by atoms with Crippen LogP contribution in [-0.4, -0.2) is 105 Å². The van der Waals surface area contributed by atoms with E-state index in [1.165, 1.54) is 69.3 Å². The van der Waals surface area contributed by atoms with Gasteiger partial charge in [-0.05, 0) is 167 Å². The van der Waals surface area contributed by atoms with Gasteiger partial charge in [0.05, 0.1) is 60.3 Å². The normalized spacial score (nSPS) is 14.4. The Balaban J connectivity index is 1.09. The number of sulfone groups is 6. The van der Waals surface area contributed by atoms with Gasteiger partial charge in [0.15, 0.2) is 29.5 Å². The second kappa shape index (κ2) is 20.9. The molecule has 6 aromatic rings. The van der Waals surface area contributed by atoms with Crippen LogP contribution in [-0.2, 0) is 79.3 Å². The molecule has 2 N–H and O–H groups in total. The second-order valence-electron chi connectivity index (χ2n) is 16.8. The highest BCUT2D eigenvalue weighted by atomic mass is 32.2. The summed E-state index contributed by atoms with van der Waals surface area (Å²) in [5, 5.41) is -2.07. The van der Waals surface area contributed by atoms with E-state index in [4.69, 9.17) is 9.47 Å². The zero-order valence-corrected chi connectivity index (χ0v) is 45.9. The van der Waals surface area contributed by atoms with Gasteiger partial charge in [0, 0.05) is 6.26 Å². The molecule has 0 saturated carbocycles. The predicted octanol–water partition coefficient (Wildman–Crippen LogP) is 6.01. The first kappa shape index (κ1) is 57.7. The minimum absolute atomic E-state index is 0.0111. The lowest BCUT2D eigenvalue weighted by Gasteiger charge is -2.20. The molecular formula is C46H46O20S8. The van der Waals surface area contributed by atoms with Crippen LogP contribution in [0.15, 0.2) is 182 Å². The summed E-state index contributed by atoms with van der Waals surface area (Å²) in [6.45, 7) is 5.63. The van der Waals surface area contributed by atoms with Crippen LogP contribution in [0.5, 0.6) is 17.2 Å². The van der Waals surface area contributed by atoms with Crippen LogP contribution in [0.4, 0.5) is 0 Å². The van der Waals surface area contributed by atoms with E-state index in [-0.39, 0.29) is 48.8 Å². The Morgan fingerprint density at radius 2 is 0.811 bits per heavy atom. The molecule has 74 heavy (non-hydrogen) atoms. The average Bonchev–Trinajstić information content (AvgIpc) is 3.32. The number of hydrogen-bond donors (Lipinski definition) is 2. The highest BCUT2D eigenvalue weighted by Gasteiger charge is 2.32. The Morgan fingerprint density at radius 1 is 0.432 bits per heavy atom. The van der Waals surface area contributed by atoms with Gasteiger partial charge in [-0.1, -0.05) is 6.07 Å². The van der Waals surface area contributed by atoms with Gasteiger partial charge >= 0.3 is 0 Å². The van der Waals surface area contributed by atoms with Crippen LogP contribution in [0.2, 0.25) is 0 Å². The molecule has 0 saturated heterocycles. The zero-order chi connectivity index (χ0) is 55.2. The molecule has 398 valence electrons. The van der Waals surface area contributed by atoms with Gasteiger partial charge in [0.25, 0.3) is 20.2 Å². The molecule has 0 aromatic heterocycles. The Kier molecular flexibility index (Phi) is 16.3. The van der Waals surface area contributed by atoms with E-state index in [2.05, 4.69) is 0 Å². The third kappa shape index (κ3) is 12.6. The van der Waals surface area contributed by atoms with Crippen molar-refractivity contribution < 1.29 is 85.9 Å². The third-order valence-corrected chi connectivity index (χ3v) is 24.8. The molecule has 0 aliphatic heterocycles. The molecular weight excluding hydrogens is 1130 g/mol. The first-order valence-electron chi connectivity index (χ1n) is 21.3. The molecule has 0 spiro atoms. The van der Waals surface area contributed by atoms with Crippen molar-refractivity contribution in [3.8, 4) is 17.2 Å². The van der Waals surface area contributed by atoms with Crippen LogP contribution in [0, 0.1) is 6.92 Å².